The van der Waals surface area contributed by atoms with E-state index in [0.29, 0.717) is 53.5 Å². The summed E-state index contributed by atoms with van der Waals surface area (Å²) in [5.74, 6) is 1.23. The third kappa shape index (κ3) is 7.41. The average Bonchev–Trinajstić information content (AvgIpc) is 2.91. The zero-order valence-electron chi connectivity index (χ0n) is 23.3. The second-order valence-corrected chi connectivity index (χ2v) is 10.3. The van der Waals surface area contributed by atoms with Gasteiger partial charge in [-0.2, -0.15) is 0 Å². The Bertz CT molecular complexity index is 1290. The number of piperazine rings is 1. The molecule has 210 valence electrons. The zero-order chi connectivity index (χ0) is 28.0. The molecule has 0 atom stereocenters. The van der Waals surface area contributed by atoms with Crippen molar-refractivity contribution < 1.29 is 28.1 Å². The van der Waals surface area contributed by atoms with Crippen molar-refractivity contribution in [1.29, 1.82) is 0 Å². The molecule has 0 saturated carbocycles. The fraction of sp³-hybridized carbons (Fsp3) is 0.448. The highest BCUT2D eigenvalue weighted by atomic mass is 19.1. The van der Waals surface area contributed by atoms with E-state index >= 15 is 0 Å². The van der Waals surface area contributed by atoms with Crippen molar-refractivity contribution in [3.8, 4) is 23.0 Å². The summed E-state index contributed by atoms with van der Waals surface area (Å²) in [5, 5.41) is 3.59. The summed E-state index contributed by atoms with van der Waals surface area (Å²) in [7, 11) is 3.30. The molecule has 3 aromatic rings. The second-order valence-electron chi connectivity index (χ2n) is 10.3. The van der Waals surface area contributed by atoms with E-state index in [1.165, 1.54) is 6.07 Å². The lowest BCUT2D eigenvalue weighted by Gasteiger charge is -2.35. The van der Waals surface area contributed by atoms with Gasteiger partial charge in [0.25, 0.3) is 0 Å². The van der Waals surface area contributed by atoms with Crippen molar-refractivity contribution in [2.45, 2.75) is 32.8 Å². The fourth-order valence-corrected chi connectivity index (χ4v) is 4.30. The molecular formula is C29H37FN4O5. The van der Waals surface area contributed by atoms with Gasteiger partial charge >= 0.3 is 6.09 Å². The molecule has 1 N–H and O–H groups in total. The number of anilines is 1. The number of amides is 1. The van der Waals surface area contributed by atoms with Crippen molar-refractivity contribution in [3.05, 3.63) is 48.4 Å². The van der Waals surface area contributed by atoms with Gasteiger partial charge in [0.15, 0.2) is 23.1 Å². The number of nitrogens with zero attached hydrogens (tertiary/aromatic N) is 3. The molecule has 39 heavy (non-hydrogen) atoms. The van der Waals surface area contributed by atoms with Crippen LogP contribution in [0.3, 0.4) is 0 Å². The molecule has 4 rings (SSSR count). The first-order valence-electron chi connectivity index (χ1n) is 13.1. The summed E-state index contributed by atoms with van der Waals surface area (Å²) >= 11 is 0. The molecule has 10 heteroatoms. The number of fused-ring (bicyclic) bond motifs is 1. The first kappa shape index (κ1) is 28.2. The van der Waals surface area contributed by atoms with Gasteiger partial charge in [-0.1, -0.05) is 0 Å². The topological polar surface area (TPSA) is 85.4 Å². The monoisotopic (exact) mass is 540 g/mol. The number of benzene rings is 2. The van der Waals surface area contributed by atoms with E-state index in [9.17, 15) is 9.18 Å². The maximum absolute atomic E-state index is 14.5. The summed E-state index contributed by atoms with van der Waals surface area (Å²) in [4.78, 5) is 20.8. The van der Waals surface area contributed by atoms with Gasteiger partial charge in [0.1, 0.15) is 11.4 Å². The predicted octanol–water partition coefficient (Wildman–Crippen LogP) is 5.54. The number of carbonyl (C=O) groups excluding carboxylic acids is 1. The summed E-state index contributed by atoms with van der Waals surface area (Å²) in [5.41, 5.74) is 0.815. The van der Waals surface area contributed by atoms with Gasteiger partial charge < -0.3 is 29.2 Å². The quantitative estimate of drug-likeness (QED) is 0.354. The molecule has 0 spiro atoms. The Hall–Kier alpha value is -3.79. The Morgan fingerprint density at radius 1 is 1.03 bits per heavy atom. The average molecular weight is 541 g/mol. The zero-order valence-corrected chi connectivity index (χ0v) is 23.3. The van der Waals surface area contributed by atoms with E-state index in [0.717, 1.165) is 26.1 Å². The van der Waals surface area contributed by atoms with Gasteiger partial charge in [-0.05, 0) is 51.5 Å². The van der Waals surface area contributed by atoms with Gasteiger partial charge in [-0.3, -0.25) is 9.88 Å². The van der Waals surface area contributed by atoms with Crippen LogP contribution in [0.2, 0.25) is 0 Å². The van der Waals surface area contributed by atoms with Crippen molar-refractivity contribution in [3.63, 3.8) is 0 Å². The Morgan fingerprint density at radius 3 is 2.46 bits per heavy atom. The Morgan fingerprint density at radius 2 is 1.79 bits per heavy atom. The number of nitrogens with one attached hydrogen (secondary N) is 1. The van der Waals surface area contributed by atoms with Crippen LogP contribution in [0.25, 0.3) is 10.9 Å². The van der Waals surface area contributed by atoms with E-state index < -0.39 is 11.4 Å². The number of carbonyl (C=O) groups is 1. The minimum atomic E-state index is -0.490. The van der Waals surface area contributed by atoms with Gasteiger partial charge in [0.2, 0.25) is 0 Å². The van der Waals surface area contributed by atoms with E-state index in [2.05, 4.69) is 15.2 Å². The van der Waals surface area contributed by atoms with Crippen LogP contribution in [0.15, 0.2) is 42.6 Å². The van der Waals surface area contributed by atoms with Crippen LogP contribution in [0, 0.1) is 5.82 Å². The normalized spacial score (nSPS) is 14.3. The van der Waals surface area contributed by atoms with E-state index in [1.54, 1.807) is 55.6 Å². The number of methoxy groups -OCH3 is 1. The molecule has 2 aromatic carbocycles. The smallest absolute Gasteiger partial charge is 0.410 e. The van der Waals surface area contributed by atoms with Gasteiger partial charge in [-0.15, -0.1) is 0 Å². The van der Waals surface area contributed by atoms with Crippen molar-refractivity contribution in [2.75, 3.05) is 58.8 Å². The highest BCUT2D eigenvalue weighted by molar-refractivity contribution is 5.88. The largest absolute Gasteiger partial charge is 0.493 e. The lowest BCUT2D eigenvalue weighted by atomic mass is 10.1. The molecule has 1 aliphatic rings. The van der Waals surface area contributed by atoms with Crippen LogP contribution in [0.4, 0.5) is 14.9 Å². The summed E-state index contributed by atoms with van der Waals surface area (Å²) in [6, 6.07) is 10.0. The molecule has 1 amide bonds. The van der Waals surface area contributed by atoms with Gasteiger partial charge in [0.05, 0.1) is 19.2 Å². The third-order valence-electron chi connectivity index (χ3n) is 6.33. The molecule has 1 saturated heterocycles. The minimum absolute atomic E-state index is 0.118. The highest BCUT2D eigenvalue weighted by Gasteiger charge is 2.25. The first-order valence-corrected chi connectivity index (χ1v) is 13.1. The summed E-state index contributed by atoms with van der Waals surface area (Å²) < 4.78 is 37.5. The maximum Gasteiger partial charge on any atom is 0.410 e. The standard InChI is InChI=1S/C29H37FN4O5/c1-29(2,3)39-28(35)34-14-12-33(13-15-34)11-6-16-37-27-19-23-21(18-26(27)36-5)24(9-10-32-23)38-25-8-7-20(31-4)17-22(25)30/h7-10,17-19,31H,6,11-16H2,1-5H3. The number of ether oxygens (including phenoxy) is 4. The number of hydrogen-bond donors (Lipinski definition) is 1. The van der Waals surface area contributed by atoms with Crippen LogP contribution in [-0.2, 0) is 4.74 Å². The Kier molecular flexibility index (Phi) is 8.96. The highest BCUT2D eigenvalue weighted by Crippen LogP contribution is 2.37. The molecule has 0 bridgehead atoms. The Balaban J connectivity index is 1.33. The maximum atomic E-state index is 14.5. The Labute approximate surface area is 228 Å². The minimum Gasteiger partial charge on any atom is -0.493 e. The van der Waals surface area contributed by atoms with Crippen LogP contribution >= 0.6 is 0 Å². The molecule has 2 heterocycles. The molecule has 0 radical (unpaired) electrons. The number of pyridine rings is 1. The number of hydrogen-bond acceptors (Lipinski definition) is 8. The lowest BCUT2D eigenvalue weighted by molar-refractivity contribution is 0.0142. The number of halogens is 1. The van der Waals surface area contributed by atoms with Crippen LogP contribution in [0.5, 0.6) is 23.0 Å². The van der Waals surface area contributed by atoms with Crippen molar-refractivity contribution >= 4 is 22.7 Å². The molecule has 1 fully saturated rings. The summed E-state index contributed by atoms with van der Waals surface area (Å²) in [6.45, 7) is 9.86. The summed E-state index contributed by atoms with van der Waals surface area (Å²) in [6.07, 6.45) is 2.17. The van der Waals surface area contributed by atoms with Crippen molar-refractivity contribution in [2.24, 2.45) is 0 Å². The van der Waals surface area contributed by atoms with Crippen LogP contribution in [0.1, 0.15) is 27.2 Å². The number of aromatic nitrogens is 1. The molecule has 0 aliphatic carbocycles. The van der Waals surface area contributed by atoms with E-state index in [1.807, 2.05) is 20.8 Å². The second kappa shape index (κ2) is 12.4. The van der Waals surface area contributed by atoms with Gasteiger partial charge in [-0.25, -0.2) is 9.18 Å². The molecule has 1 aromatic heterocycles. The van der Waals surface area contributed by atoms with Crippen molar-refractivity contribution in [1.82, 2.24) is 14.8 Å². The van der Waals surface area contributed by atoms with Gasteiger partial charge in [0, 0.05) is 69.2 Å². The first-order chi connectivity index (χ1) is 18.7. The fourth-order valence-electron chi connectivity index (χ4n) is 4.30. The third-order valence-corrected chi connectivity index (χ3v) is 6.33. The molecule has 0 unspecified atom stereocenters. The van der Waals surface area contributed by atoms with Crippen LogP contribution in [-0.4, -0.2) is 80.0 Å². The molecule has 1 aliphatic heterocycles. The number of rotatable bonds is 9. The molecule has 9 nitrogen and oxygen atoms in total. The lowest BCUT2D eigenvalue weighted by Crippen LogP contribution is -2.50. The predicted molar refractivity (Wildman–Crippen MR) is 149 cm³/mol. The van der Waals surface area contributed by atoms with E-state index in [4.69, 9.17) is 18.9 Å². The SMILES string of the molecule is CNc1ccc(Oc2ccnc3cc(OCCCN4CCN(C(=O)OC(C)(C)C)CC4)c(OC)cc23)c(F)c1. The molecular weight excluding hydrogens is 503 g/mol. The van der Waals surface area contributed by atoms with E-state index in [-0.39, 0.29) is 11.8 Å². The van der Waals surface area contributed by atoms with Crippen LogP contribution < -0.4 is 19.5 Å².